The molecule has 1 aliphatic rings. The smallest absolute Gasteiger partial charge is 0.314 e. The number of hydrogen-bond donors (Lipinski definition) is 2. The fraction of sp³-hybridized carbons (Fsp3) is 0.526. The summed E-state index contributed by atoms with van der Waals surface area (Å²) in [6, 6.07) is 5.67. The van der Waals surface area contributed by atoms with E-state index in [1.165, 1.54) is 12.8 Å². The number of aromatic nitrogens is 2. The molecule has 0 aromatic carbocycles. The van der Waals surface area contributed by atoms with E-state index in [0.29, 0.717) is 12.3 Å². The van der Waals surface area contributed by atoms with E-state index in [9.17, 15) is 9.59 Å². The third-order valence-corrected chi connectivity index (χ3v) is 4.94. The van der Waals surface area contributed by atoms with E-state index in [1.54, 1.807) is 13.0 Å². The molecule has 146 valence electrons. The van der Waals surface area contributed by atoms with Crippen LogP contribution in [0.15, 0.2) is 28.9 Å². The Kier molecular flexibility index (Phi) is 6.28. The maximum atomic E-state index is 12.3. The second-order valence-electron chi connectivity index (χ2n) is 7.00. The number of amides is 2. The number of nitrogens with one attached hydrogen (secondary N) is 2. The molecule has 2 N–H and O–H groups in total. The van der Waals surface area contributed by atoms with E-state index < -0.39 is 11.8 Å². The van der Waals surface area contributed by atoms with Crippen LogP contribution in [0, 0.1) is 6.92 Å². The first-order chi connectivity index (χ1) is 13.0. The van der Waals surface area contributed by atoms with Crippen LogP contribution in [0.3, 0.4) is 0 Å². The third kappa shape index (κ3) is 4.97. The van der Waals surface area contributed by atoms with E-state index in [2.05, 4.69) is 31.3 Å². The molecule has 1 aliphatic heterocycles. The summed E-state index contributed by atoms with van der Waals surface area (Å²) in [5, 5.41) is 8.90. The summed E-state index contributed by atoms with van der Waals surface area (Å²) in [5.41, 5.74) is 1.13. The van der Waals surface area contributed by atoms with Crippen LogP contribution in [0.5, 0.6) is 0 Å². The van der Waals surface area contributed by atoms with Crippen molar-refractivity contribution in [2.75, 3.05) is 25.0 Å². The fourth-order valence-corrected chi connectivity index (χ4v) is 3.52. The molecule has 0 unspecified atom stereocenters. The van der Waals surface area contributed by atoms with Gasteiger partial charge in [-0.15, -0.1) is 0 Å². The molecule has 8 heteroatoms. The standard InChI is InChI=1S/C19H27N5O3/c1-14-12-17(22-27-14)21-19(26)18(25)20-13-16(15-8-7-9-23(15)2)24-10-5-3-4-6-11-24/h7-9,12,16H,3-6,10-11,13H2,1-2H3,(H,20,25)(H,21,22,26)/t16-/m1/s1. The monoisotopic (exact) mass is 373 g/mol. The van der Waals surface area contributed by atoms with Gasteiger partial charge in [0.2, 0.25) is 0 Å². The topological polar surface area (TPSA) is 92.4 Å². The van der Waals surface area contributed by atoms with Gasteiger partial charge in [-0.2, -0.15) is 0 Å². The molecule has 1 saturated heterocycles. The molecule has 27 heavy (non-hydrogen) atoms. The number of hydrogen-bond acceptors (Lipinski definition) is 5. The van der Waals surface area contributed by atoms with Gasteiger partial charge < -0.3 is 14.4 Å². The summed E-state index contributed by atoms with van der Waals surface area (Å²) in [6.45, 7) is 4.09. The summed E-state index contributed by atoms with van der Waals surface area (Å²) < 4.78 is 6.96. The molecule has 0 bridgehead atoms. The fourth-order valence-electron chi connectivity index (χ4n) is 3.52. The van der Waals surface area contributed by atoms with Crippen LogP contribution in [0.2, 0.25) is 0 Å². The minimum Gasteiger partial charge on any atom is -0.360 e. The van der Waals surface area contributed by atoms with Crippen molar-refractivity contribution < 1.29 is 14.1 Å². The first kappa shape index (κ1) is 19.2. The van der Waals surface area contributed by atoms with Crippen molar-refractivity contribution in [1.29, 1.82) is 0 Å². The van der Waals surface area contributed by atoms with Crippen LogP contribution in [0.25, 0.3) is 0 Å². The molecule has 0 radical (unpaired) electrons. The first-order valence-electron chi connectivity index (χ1n) is 9.42. The van der Waals surface area contributed by atoms with Crippen molar-refractivity contribution in [2.24, 2.45) is 7.05 Å². The van der Waals surface area contributed by atoms with Crippen molar-refractivity contribution in [3.63, 3.8) is 0 Å². The summed E-state index contributed by atoms with van der Waals surface area (Å²) in [5.74, 6) is -0.621. The van der Waals surface area contributed by atoms with E-state index in [1.807, 2.05) is 19.3 Å². The van der Waals surface area contributed by atoms with Gasteiger partial charge in [-0.05, 0) is 45.0 Å². The van der Waals surface area contributed by atoms with Crippen molar-refractivity contribution >= 4 is 17.6 Å². The Balaban J connectivity index is 1.64. The van der Waals surface area contributed by atoms with Crippen LogP contribution in [-0.4, -0.2) is 46.1 Å². The van der Waals surface area contributed by atoms with Crippen LogP contribution in [0.4, 0.5) is 5.82 Å². The molecule has 3 rings (SSSR count). The Morgan fingerprint density at radius 3 is 2.56 bits per heavy atom. The molecule has 1 fully saturated rings. The van der Waals surface area contributed by atoms with Gasteiger partial charge in [0.05, 0.1) is 6.04 Å². The Morgan fingerprint density at radius 1 is 1.22 bits per heavy atom. The zero-order chi connectivity index (χ0) is 19.2. The Labute approximate surface area is 158 Å². The molecule has 8 nitrogen and oxygen atoms in total. The van der Waals surface area contributed by atoms with Gasteiger partial charge in [-0.3, -0.25) is 19.8 Å². The van der Waals surface area contributed by atoms with Crippen molar-refractivity contribution in [3.05, 3.63) is 35.9 Å². The minimum atomic E-state index is -0.746. The first-order valence-corrected chi connectivity index (χ1v) is 9.42. The zero-order valence-electron chi connectivity index (χ0n) is 15.9. The highest BCUT2D eigenvalue weighted by molar-refractivity contribution is 6.39. The van der Waals surface area contributed by atoms with Gasteiger partial charge in [0.15, 0.2) is 5.82 Å². The Bertz CT molecular complexity index is 774. The molecule has 0 spiro atoms. The predicted molar refractivity (Wildman–Crippen MR) is 101 cm³/mol. The van der Waals surface area contributed by atoms with E-state index >= 15 is 0 Å². The average molecular weight is 373 g/mol. The molecule has 2 amide bonds. The zero-order valence-corrected chi connectivity index (χ0v) is 15.9. The number of carbonyl (C=O) groups excluding carboxylic acids is 2. The van der Waals surface area contributed by atoms with Crippen molar-refractivity contribution in [3.8, 4) is 0 Å². The minimum absolute atomic E-state index is 0.0362. The number of aryl methyl sites for hydroxylation is 2. The summed E-state index contributed by atoms with van der Waals surface area (Å²) in [7, 11) is 2.00. The molecular weight excluding hydrogens is 346 g/mol. The Morgan fingerprint density at radius 2 is 1.96 bits per heavy atom. The largest absolute Gasteiger partial charge is 0.360 e. The normalized spacial score (nSPS) is 16.5. The van der Waals surface area contributed by atoms with E-state index in [-0.39, 0.29) is 11.9 Å². The molecular formula is C19H27N5O3. The molecule has 0 aliphatic carbocycles. The lowest BCUT2D eigenvalue weighted by Gasteiger charge is -2.31. The van der Waals surface area contributed by atoms with Gasteiger partial charge in [0.1, 0.15) is 5.76 Å². The highest BCUT2D eigenvalue weighted by Gasteiger charge is 2.25. The number of nitrogens with zero attached hydrogens (tertiary/aromatic N) is 3. The number of anilines is 1. The molecule has 2 aromatic heterocycles. The summed E-state index contributed by atoms with van der Waals surface area (Å²) in [6.07, 6.45) is 6.79. The summed E-state index contributed by atoms with van der Waals surface area (Å²) in [4.78, 5) is 26.8. The van der Waals surface area contributed by atoms with Crippen molar-refractivity contribution in [2.45, 2.75) is 38.6 Å². The predicted octanol–water partition coefficient (Wildman–Crippen LogP) is 1.99. The lowest BCUT2D eigenvalue weighted by molar-refractivity contribution is -0.136. The molecule has 2 aromatic rings. The van der Waals surface area contributed by atoms with E-state index in [4.69, 9.17) is 4.52 Å². The molecule has 3 heterocycles. The Hall–Kier alpha value is -2.61. The second-order valence-corrected chi connectivity index (χ2v) is 7.00. The number of carbonyl (C=O) groups is 2. The SMILES string of the molecule is Cc1cc(NC(=O)C(=O)NC[C@H](c2cccn2C)N2CCCCCC2)no1. The number of rotatable bonds is 5. The highest BCUT2D eigenvalue weighted by atomic mass is 16.5. The average Bonchev–Trinajstić information content (AvgIpc) is 3.14. The quantitative estimate of drug-likeness (QED) is 0.782. The van der Waals surface area contributed by atoms with Gasteiger partial charge >= 0.3 is 11.8 Å². The van der Waals surface area contributed by atoms with Gasteiger partial charge in [0.25, 0.3) is 0 Å². The van der Waals surface area contributed by atoms with Crippen LogP contribution in [-0.2, 0) is 16.6 Å². The third-order valence-electron chi connectivity index (χ3n) is 4.94. The lowest BCUT2D eigenvalue weighted by atomic mass is 10.1. The maximum absolute atomic E-state index is 12.3. The van der Waals surface area contributed by atoms with Gasteiger partial charge in [-0.25, -0.2) is 0 Å². The van der Waals surface area contributed by atoms with Crippen molar-refractivity contribution in [1.82, 2.24) is 19.9 Å². The number of likely N-dealkylation sites (tertiary alicyclic amines) is 1. The van der Waals surface area contributed by atoms with Gasteiger partial charge in [-0.1, -0.05) is 18.0 Å². The maximum Gasteiger partial charge on any atom is 0.314 e. The van der Waals surface area contributed by atoms with Crippen LogP contribution < -0.4 is 10.6 Å². The summed E-state index contributed by atoms with van der Waals surface area (Å²) >= 11 is 0. The van der Waals surface area contributed by atoms with E-state index in [0.717, 1.165) is 31.6 Å². The molecule has 1 atom stereocenters. The second kappa shape index (κ2) is 8.85. The van der Waals surface area contributed by atoms with Crippen LogP contribution in [0.1, 0.15) is 43.2 Å². The highest BCUT2D eigenvalue weighted by Crippen LogP contribution is 2.24. The van der Waals surface area contributed by atoms with Gasteiger partial charge in [0, 0.05) is 31.5 Å². The lowest BCUT2D eigenvalue weighted by Crippen LogP contribution is -2.43. The molecule has 0 saturated carbocycles. The van der Waals surface area contributed by atoms with Crippen LogP contribution >= 0.6 is 0 Å².